The predicted molar refractivity (Wildman–Crippen MR) is 521 cm³/mol. The van der Waals surface area contributed by atoms with Crippen LogP contribution in [0.3, 0.4) is 0 Å². The lowest BCUT2D eigenvalue weighted by molar-refractivity contribution is 0.590. The average Bonchev–Trinajstić information content (AvgIpc) is 1.37. The van der Waals surface area contributed by atoms with E-state index in [0.29, 0.717) is 0 Å². The van der Waals surface area contributed by atoms with E-state index in [4.69, 9.17) is 0 Å². The van der Waals surface area contributed by atoms with Crippen LogP contribution in [0.5, 0.6) is 0 Å². The Morgan fingerprint density at radius 2 is 0.504 bits per heavy atom. The number of para-hydroxylation sites is 2. The van der Waals surface area contributed by atoms with Crippen LogP contribution in [0.15, 0.2) is 334 Å². The zero-order chi connectivity index (χ0) is 81.8. The topological polar surface area (TPSA) is 16.3 Å². The highest BCUT2D eigenvalue weighted by atomic mass is 15.2. The van der Waals surface area contributed by atoms with Crippen LogP contribution >= 0.6 is 0 Å². The number of hydrogen-bond donors (Lipinski definition) is 0. The second-order valence-corrected chi connectivity index (χ2v) is 38.7. The van der Waals surface area contributed by atoms with Crippen molar-refractivity contribution >= 4 is 165 Å². The highest BCUT2D eigenvalue weighted by molar-refractivity contribution is 7.00. The average molecular weight is 1550 g/mol. The quantitative estimate of drug-likeness (QED) is 0.0813. The zero-order valence-electron chi connectivity index (χ0n) is 70.6. The fourth-order valence-electron chi connectivity index (χ4n) is 21.6. The molecule has 0 bridgehead atoms. The van der Waals surface area contributed by atoms with Crippen molar-refractivity contribution in [2.45, 2.75) is 105 Å². The number of nitrogens with zero attached hydrogens (tertiary/aromatic N) is 4. The predicted octanol–water partition coefficient (Wildman–Crippen LogP) is 30.2. The SMILES string of the molecule is CC(C)(C)c1ccc(-c2cccc(-c3ccc(C(C)(C)C)cc3)c2N2c3cc(-n4c5ccc6cccc7c8cccc9ccc4c(c98)c5c67)ccc3B3c4ccc(-n5c6ccc7cccc8c9cccc%10ccc5c(c%109)c6c78)cc4N(c4c(-c5ccc(C(C)(C)C)cc5)cccc4-c4ccc(C(C)(C)C)cc4)c4cc(-c5ccccc5)cc2c43)cc1. The van der Waals surface area contributed by atoms with Crippen molar-refractivity contribution in [2.75, 3.05) is 9.80 Å². The number of anilines is 6. The minimum Gasteiger partial charge on any atom is -0.310 e. The van der Waals surface area contributed by atoms with Gasteiger partial charge in [0.1, 0.15) is 0 Å². The highest BCUT2D eigenvalue weighted by Gasteiger charge is 2.46. The van der Waals surface area contributed by atoms with Gasteiger partial charge in [0.25, 0.3) is 6.71 Å². The minimum absolute atomic E-state index is 0.0672. The molecule has 0 radical (unpaired) electrons. The van der Waals surface area contributed by atoms with Crippen molar-refractivity contribution in [3.63, 3.8) is 0 Å². The van der Waals surface area contributed by atoms with E-state index in [1.807, 2.05) is 0 Å². The van der Waals surface area contributed by atoms with Crippen molar-refractivity contribution in [1.82, 2.24) is 9.13 Å². The Bertz CT molecular complexity index is 7200. The molecule has 4 heterocycles. The summed E-state index contributed by atoms with van der Waals surface area (Å²) in [6.45, 7) is 27.6. The molecule has 0 saturated heterocycles. The summed E-state index contributed by atoms with van der Waals surface area (Å²) >= 11 is 0. The maximum absolute atomic E-state index is 2.76. The molecule has 0 unspecified atom stereocenters. The lowest BCUT2D eigenvalue weighted by atomic mass is 9.33. The zero-order valence-corrected chi connectivity index (χ0v) is 70.6. The maximum Gasteiger partial charge on any atom is 0.252 e. The molecule has 22 aromatic rings. The van der Waals surface area contributed by atoms with Crippen molar-refractivity contribution < 1.29 is 0 Å². The molecule has 20 aromatic carbocycles. The fraction of sp³-hybridized carbons (Fsp3) is 0.138. The third-order valence-corrected chi connectivity index (χ3v) is 27.6. The van der Waals surface area contributed by atoms with Gasteiger partial charge in [-0.25, -0.2) is 0 Å². The maximum atomic E-state index is 2.76. The number of hydrogen-bond acceptors (Lipinski definition) is 2. The van der Waals surface area contributed by atoms with Crippen LogP contribution < -0.4 is 26.2 Å². The standard InChI is InChI=1S/C116H91BN4/c1-113(2,3)78-48-36-69(37-49-78)84-28-20-29-85(70-38-50-79(51-39-70)114(4,5)6)111(84)120-98-66-82(118-94-60-44-73-24-16-32-88-89-33-17-25-74-45-61-95(118)107(103(74)89)106(94)102(73)88)56-58-92(98)117-93-59-57-83(119-96-62-46-75-26-18-34-90-91-35-19-27-76-47-63-97(119)109(105(76)91)108(96)104(75)90)67-99(93)121(101-65-77(64-100(120)110(101)117)68-22-14-13-15-23-68)112-86(71-40-52-80(53-41-71)115(7,8)9)30-21-31-87(112)72-42-54-81(55-43-72)116(10,11)12/h13-67H,1-12H3. The minimum atomic E-state index is -0.299. The van der Waals surface area contributed by atoms with Crippen LogP contribution in [0.1, 0.15) is 105 Å². The molecule has 121 heavy (non-hydrogen) atoms. The lowest BCUT2D eigenvalue weighted by Gasteiger charge is -2.46. The summed E-state index contributed by atoms with van der Waals surface area (Å²) < 4.78 is 5.21. The number of benzene rings is 20. The van der Waals surface area contributed by atoms with Gasteiger partial charge >= 0.3 is 0 Å². The highest BCUT2D eigenvalue weighted by Crippen LogP contribution is 2.57. The van der Waals surface area contributed by atoms with Crippen molar-refractivity contribution in [3.8, 4) is 67.0 Å². The van der Waals surface area contributed by atoms with E-state index < -0.39 is 0 Å². The van der Waals surface area contributed by atoms with Gasteiger partial charge < -0.3 is 18.9 Å². The molecule has 0 atom stereocenters. The first-order valence-corrected chi connectivity index (χ1v) is 43.2. The third-order valence-electron chi connectivity index (χ3n) is 27.6. The van der Waals surface area contributed by atoms with Crippen LogP contribution in [0, 0.1) is 0 Å². The Morgan fingerprint density at radius 1 is 0.215 bits per heavy atom. The molecule has 0 N–H and O–H groups in total. The molecular weight excluding hydrogens is 1460 g/mol. The number of fused-ring (bicyclic) bond motifs is 6. The summed E-state index contributed by atoms with van der Waals surface area (Å²) in [5, 5.41) is 20.7. The van der Waals surface area contributed by atoms with E-state index in [1.54, 1.807) is 0 Å². The molecular formula is C116H91BN4. The van der Waals surface area contributed by atoms with Gasteiger partial charge in [-0.1, -0.05) is 356 Å². The molecule has 24 rings (SSSR count). The van der Waals surface area contributed by atoms with Gasteiger partial charge in [0.05, 0.1) is 33.4 Å². The summed E-state index contributed by atoms with van der Waals surface area (Å²) in [5.74, 6) is 0. The monoisotopic (exact) mass is 1550 g/mol. The van der Waals surface area contributed by atoms with Crippen LogP contribution in [-0.4, -0.2) is 15.8 Å². The second kappa shape index (κ2) is 25.4. The fourth-order valence-corrected chi connectivity index (χ4v) is 21.6. The van der Waals surface area contributed by atoms with Crippen LogP contribution in [0.25, 0.3) is 175 Å². The van der Waals surface area contributed by atoms with Gasteiger partial charge in [-0.15, -0.1) is 0 Å². The van der Waals surface area contributed by atoms with Gasteiger partial charge in [0, 0.05) is 77.9 Å². The first-order chi connectivity index (χ1) is 58.6. The summed E-state index contributed by atoms with van der Waals surface area (Å²) in [4.78, 5) is 5.51. The van der Waals surface area contributed by atoms with Gasteiger partial charge in [-0.3, -0.25) is 0 Å². The van der Waals surface area contributed by atoms with Gasteiger partial charge in [-0.05, 0) is 219 Å². The Balaban J connectivity index is 0.865. The van der Waals surface area contributed by atoms with Crippen LogP contribution in [0.2, 0.25) is 0 Å². The van der Waals surface area contributed by atoms with Crippen molar-refractivity contribution in [2.24, 2.45) is 0 Å². The Labute approximate surface area is 707 Å². The Hall–Kier alpha value is -13.7. The normalized spacial score (nSPS) is 13.4. The Morgan fingerprint density at radius 3 is 0.793 bits per heavy atom. The van der Waals surface area contributed by atoms with Crippen molar-refractivity contribution in [1.29, 1.82) is 0 Å². The van der Waals surface area contributed by atoms with E-state index in [-0.39, 0.29) is 28.4 Å². The molecule has 2 aliphatic rings. The molecule has 0 saturated carbocycles. The Kier molecular flexibility index (Phi) is 15.0. The summed E-state index contributed by atoms with van der Waals surface area (Å²) in [6.07, 6.45) is 0. The molecule has 578 valence electrons. The van der Waals surface area contributed by atoms with E-state index in [1.165, 1.54) is 147 Å². The molecule has 0 aliphatic carbocycles. The third kappa shape index (κ3) is 10.5. The molecule has 0 spiro atoms. The van der Waals surface area contributed by atoms with Crippen LogP contribution in [0.4, 0.5) is 34.1 Å². The molecule has 0 fully saturated rings. The first-order valence-electron chi connectivity index (χ1n) is 43.2. The van der Waals surface area contributed by atoms with Gasteiger partial charge in [0.15, 0.2) is 0 Å². The van der Waals surface area contributed by atoms with E-state index in [9.17, 15) is 0 Å². The van der Waals surface area contributed by atoms with Crippen LogP contribution in [-0.2, 0) is 21.7 Å². The lowest BCUT2D eigenvalue weighted by Crippen LogP contribution is -2.61. The smallest absolute Gasteiger partial charge is 0.252 e. The van der Waals surface area contributed by atoms with Gasteiger partial charge in [0.2, 0.25) is 0 Å². The first kappa shape index (κ1) is 71.4. The largest absolute Gasteiger partial charge is 0.310 e. The number of aromatic nitrogens is 2. The van der Waals surface area contributed by atoms with E-state index in [2.05, 4.69) is 436 Å². The summed E-state index contributed by atoms with van der Waals surface area (Å²) in [7, 11) is 0. The summed E-state index contributed by atoms with van der Waals surface area (Å²) in [5.41, 5.74) is 33.7. The molecule has 5 heteroatoms. The molecule has 2 aromatic heterocycles. The number of rotatable bonds is 9. The van der Waals surface area contributed by atoms with Gasteiger partial charge in [-0.2, -0.15) is 0 Å². The van der Waals surface area contributed by atoms with Crippen molar-refractivity contribution in [3.05, 3.63) is 356 Å². The molecule has 0 amide bonds. The second-order valence-electron chi connectivity index (χ2n) is 38.7. The molecule has 2 aliphatic heterocycles. The van der Waals surface area contributed by atoms with E-state index in [0.717, 1.165) is 101 Å². The summed E-state index contributed by atoms with van der Waals surface area (Å²) in [6, 6.07) is 131. The molecule has 4 nitrogen and oxygen atoms in total. The van der Waals surface area contributed by atoms with E-state index >= 15 is 0 Å².